The third-order valence-corrected chi connectivity index (χ3v) is 3.96. The Hall–Kier alpha value is -2.49. The van der Waals surface area contributed by atoms with Crippen molar-refractivity contribution in [3.8, 4) is 11.4 Å². The third kappa shape index (κ3) is 3.31. The predicted molar refractivity (Wildman–Crippen MR) is 78.7 cm³/mol. The van der Waals surface area contributed by atoms with Crippen LogP contribution in [0.2, 0.25) is 0 Å². The summed E-state index contributed by atoms with van der Waals surface area (Å²) in [5, 5.41) is 12.0. The molecule has 3 rings (SSSR count). The number of nitrogens with zero attached hydrogens (tertiary/aromatic N) is 6. The highest BCUT2D eigenvalue weighted by atomic mass is 32.2. The Morgan fingerprint density at radius 2 is 2.04 bits per heavy atom. The minimum atomic E-state index is -2.62. The van der Waals surface area contributed by atoms with Gasteiger partial charge >= 0.3 is 6.55 Å². The van der Waals surface area contributed by atoms with E-state index in [1.165, 1.54) is 28.8 Å². The van der Waals surface area contributed by atoms with E-state index in [0.29, 0.717) is 5.16 Å². The highest BCUT2D eigenvalue weighted by Crippen LogP contribution is 2.24. The van der Waals surface area contributed by atoms with Crippen molar-refractivity contribution >= 4 is 11.8 Å². The normalized spacial score (nSPS) is 11.1. The summed E-state index contributed by atoms with van der Waals surface area (Å²) >= 11 is 1.23. The van der Waals surface area contributed by atoms with E-state index in [1.807, 2.05) is 0 Å². The van der Waals surface area contributed by atoms with E-state index in [-0.39, 0.29) is 11.6 Å². The van der Waals surface area contributed by atoms with Gasteiger partial charge in [-0.15, -0.1) is 5.10 Å². The second kappa shape index (κ2) is 6.73. The number of benzene rings is 1. The van der Waals surface area contributed by atoms with Crippen LogP contribution in [-0.2, 0) is 5.75 Å². The maximum absolute atomic E-state index is 12.8. The second-order valence-corrected chi connectivity index (χ2v) is 5.33. The Bertz CT molecular complexity index is 773. The summed E-state index contributed by atoms with van der Waals surface area (Å²) in [5.41, 5.74) is 0.746. The zero-order chi connectivity index (χ0) is 16.2. The molecule has 120 valence electrons. The van der Waals surface area contributed by atoms with Crippen LogP contribution in [-0.4, -0.2) is 36.9 Å². The van der Waals surface area contributed by atoms with E-state index in [0.717, 1.165) is 16.0 Å². The Morgan fingerprint density at radius 1 is 1.26 bits per heavy atom. The SMILES string of the molecule is COc1ccc(-n2nnnc2SCc2nccn2C(F)F)cc1. The van der Waals surface area contributed by atoms with Gasteiger partial charge in [0.2, 0.25) is 5.16 Å². The monoisotopic (exact) mass is 338 g/mol. The molecule has 10 heteroatoms. The molecule has 0 radical (unpaired) electrons. The standard InChI is InChI=1S/C13H12F2N6OS/c1-22-10-4-2-9(3-5-10)21-13(17-18-19-21)23-8-11-16-6-7-20(11)12(14)15/h2-7,12H,8H2,1H3. The molecule has 0 bridgehead atoms. The van der Waals surface area contributed by atoms with Gasteiger partial charge in [-0.2, -0.15) is 13.5 Å². The highest BCUT2D eigenvalue weighted by Gasteiger charge is 2.14. The van der Waals surface area contributed by atoms with Crippen LogP contribution >= 0.6 is 11.8 Å². The molecular weight excluding hydrogens is 326 g/mol. The van der Waals surface area contributed by atoms with Gasteiger partial charge in [-0.05, 0) is 34.7 Å². The van der Waals surface area contributed by atoms with Gasteiger partial charge < -0.3 is 4.74 Å². The molecule has 0 amide bonds. The Morgan fingerprint density at radius 3 is 2.74 bits per heavy atom. The molecule has 0 spiro atoms. The summed E-state index contributed by atoms with van der Waals surface area (Å²) in [7, 11) is 1.58. The number of tetrazole rings is 1. The number of rotatable bonds is 6. The largest absolute Gasteiger partial charge is 0.497 e. The fourth-order valence-electron chi connectivity index (χ4n) is 1.92. The number of halogens is 2. The van der Waals surface area contributed by atoms with E-state index in [4.69, 9.17) is 4.74 Å². The summed E-state index contributed by atoms with van der Waals surface area (Å²) in [6, 6.07) is 7.18. The van der Waals surface area contributed by atoms with Crippen LogP contribution in [0.1, 0.15) is 12.4 Å². The minimum absolute atomic E-state index is 0.230. The number of methoxy groups -OCH3 is 1. The molecule has 3 aromatic rings. The molecule has 23 heavy (non-hydrogen) atoms. The van der Waals surface area contributed by atoms with Gasteiger partial charge in [0, 0.05) is 12.4 Å². The molecule has 2 heterocycles. The molecule has 0 aliphatic rings. The highest BCUT2D eigenvalue weighted by molar-refractivity contribution is 7.98. The maximum atomic E-state index is 12.8. The second-order valence-electron chi connectivity index (χ2n) is 4.39. The first-order chi connectivity index (χ1) is 11.2. The lowest BCUT2D eigenvalue weighted by atomic mass is 10.3. The number of ether oxygens (including phenoxy) is 1. The maximum Gasteiger partial charge on any atom is 0.319 e. The quantitative estimate of drug-likeness (QED) is 0.643. The summed E-state index contributed by atoms with van der Waals surface area (Å²) in [6.07, 6.45) is 2.58. The molecule has 0 unspecified atom stereocenters. The van der Waals surface area contributed by atoms with Gasteiger partial charge in [-0.25, -0.2) is 4.98 Å². The summed E-state index contributed by atoms with van der Waals surface area (Å²) in [6.45, 7) is -2.62. The topological polar surface area (TPSA) is 70.7 Å². The molecule has 0 saturated heterocycles. The Balaban J connectivity index is 1.77. The first-order valence-corrected chi connectivity index (χ1v) is 7.53. The van der Waals surface area contributed by atoms with Crippen molar-refractivity contribution in [3.63, 3.8) is 0 Å². The van der Waals surface area contributed by atoms with Crippen LogP contribution in [0.4, 0.5) is 8.78 Å². The summed E-state index contributed by atoms with van der Waals surface area (Å²) in [5.74, 6) is 1.21. The van der Waals surface area contributed by atoms with Crippen molar-refractivity contribution in [1.82, 2.24) is 29.8 Å². The van der Waals surface area contributed by atoms with Gasteiger partial charge in [0.25, 0.3) is 0 Å². The average Bonchev–Trinajstić information content (AvgIpc) is 3.22. The molecule has 0 aliphatic heterocycles. The zero-order valence-electron chi connectivity index (χ0n) is 12.0. The van der Waals surface area contributed by atoms with Crippen molar-refractivity contribution in [3.05, 3.63) is 42.5 Å². The van der Waals surface area contributed by atoms with Gasteiger partial charge in [-0.3, -0.25) is 4.57 Å². The molecule has 7 nitrogen and oxygen atoms in total. The first-order valence-electron chi connectivity index (χ1n) is 6.54. The number of imidazole rings is 1. The van der Waals surface area contributed by atoms with E-state index in [9.17, 15) is 8.78 Å². The van der Waals surface area contributed by atoms with E-state index >= 15 is 0 Å². The van der Waals surface area contributed by atoms with Crippen molar-refractivity contribution in [2.75, 3.05) is 7.11 Å². The fourth-order valence-corrected chi connectivity index (χ4v) is 2.76. The molecule has 0 aliphatic carbocycles. The lowest BCUT2D eigenvalue weighted by Crippen LogP contribution is -2.03. The van der Waals surface area contributed by atoms with Gasteiger partial charge in [-0.1, -0.05) is 11.8 Å². The Labute approximate surface area is 134 Å². The Kier molecular flexibility index (Phi) is 4.51. The van der Waals surface area contributed by atoms with Gasteiger partial charge in [0.1, 0.15) is 11.6 Å². The van der Waals surface area contributed by atoms with E-state index in [1.54, 1.807) is 31.4 Å². The number of hydrogen-bond donors (Lipinski definition) is 0. The first kappa shape index (κ1) is 15.4. The summed E-state index contributed by atoms with van der Waals surface area (Å²) in [4.78, 5) is 3.93. The van der Waals surface area contributed by atoms with Gasteiger partial charge in [0.05, 0.1) is 18.6 Å². The molecule has 0 fully saturated rings. The molecular formula is C13H12F2N6OS. The van der Waals surface area contributed by atoms with Crippen LogP contribution in [0, 0.1) is 0 Å². The minimum Gasteiger partial charge on any atom is -0.497 e. The van der Waals surface area contributed by atoms with Crippen molar-refractivity contribution < 1.29 is 13.5 Å². The smallest absolute Gasteiger partial charge is 0.319 e. The summed E-state index contributed by atoms with van der Waals surface area (Å²) < 4.78 is 33.0. The lowest BCUT2D eigenvalue weighted by molar-refractivity contribution is 0.0678. The van der Waals surface area contributed by atoms with Crippen molar-refractivity contribution in [2.45, 2.75) is 17.5 Å². The number of aromatic nitrogens is 6. The van der Waals surface area contributed by atoms with Crippen molar-refractivity contribution in [2.24, 2.45) is 0 Å². The average molecular weight is 338 g/mol. The number of hydrogen-bond acceptors (Lipinski definition) is 6. The molecule has 1 aromatic carbocycles. The van der Waals surface area contributed by atoms with Crippen LogP contribution in [0.25, 0.3) is 5.69 Å². The molecule has 0 N–H and O–H groups in total. The van der Waals surface area contributed by atoms with E-state index in [2.05, 4.69) is 20.5 Å². The number of thioether (sulfide) groups is 1. The molecule has 0 saturated carbocycles. The van der Waals surface area contributed by atoms with Crippen LogP contribution in [0.5, 0.6) is 5.75 Å². The van der Waals surface area contributed by atoms with Crippen LogP contribution < -0.4 is 4.74 Å². The van der Waals surface area contributed by atoms with Gasteiger partial charge in [0.15, 0.2) is 0 Å². The molecule has 0 atom stereocenters. The van der Waals surface area contributed by atoms with Crippen LogP contribution in [0.15, 0.2) is 41.8 Å². The lowest BCUT2D eigenvalue weighted by Gasteiger charge is -2.07. The number of alkyl halides is 2. The van der Waals surface area contributed by atoms with E-state index < -0.39 is 6.55 Å². The molecule has 2 aromatic heterocycles. The van der Waals surface area contributed by atoms with Crippen LogP contribution in [0.3, 0.4) is 0 Å². The fraction of sp³-hybridized carbons (Fsp3) is 0.231. The zero-order valence-corrected chi connectivity index (χ0v) is 12.8. The van der Waals surface area contributed by atoms with Crippen molar-refractivity contribution in [1.29, 1.82) is 0 Å². The third-order valence-electron chi connectivity index (χ3n) is 3.05. The predicted octanol–water partition coefficient (Wildman–Crippen LogP) is 2.55.